The molecule has 0 N–H and O–H groups in total. The maximum absolute atomic E-state index is 6.80. The van der Waals surface area contributed by atoms with Crippen molar-refractivity contribution in [1.29, 1.82) is 0 Å². The first kappa shape index (κ1) is 30.9. The van der Waals surface area contributed by atoms with E-state index in [2.05, 4.69) is 175 Å². The highest BCUT2D eigenvalue weighted by Crippen LogP contribution is 2.45. The van der Waals surface area contributed by atoms with Crippen LogP contribution in [0.3, 0.4) is 0 Å². The molecule has 3 heterocycles. The quantitative estimate of drug-likeness (QED) is 0.178. The van der Waals surface area contributed by atoms with Gasteiger partial charge in [0.05, 0.1) is 11.1 Å². The van der Waals surface area contributed by atoms with Gasteiger partial charge in [-0.15, -0.1) is 0 Å². The molecular weight excluding hydrogens is 687 g/mol. The smallest absolute Gasteiger partial charge is 0.159 e. The summed E-state index contributed by atoms with van der Waals surface area (Å²) in [4.78, 5) is 2.30. The first-order valence-corrected chi connectivity index (χ1v) is 18.9. The lowest BCUT2D eigenvalue weighted by atomic mass is 10.0. The van der Waals surface area contributed by atoms with Crippen molar-refractivity contribution in [3.63, 3.8) is 0 Å². The molecule has 0 radical (unpaired) electrons. The third kappa shape index (κ3) is 4.66. The third-order valence-electron chi connectivity index (χ3n) is 11.3. The summed E-state index contributed by atoms with van der Waals surface area (Å²) in [6.45, 7) is 0. The van der Waals surface area contributed by atoms with Gasteiger partial charge in [0.25, 0.3) is 0 Å². The van der Waals surface area contributed by atoms with Crippen LogP contribution in [0.25, 0.3) is 98.8 Å². The number of hydrogen-bond acceptors (Lipinski definition) is 4. The Morgan fingerprint density at radius 1 is 0.321 bits per heavy atom. The molecule has 0 spiro atoms. The zero-order chi connectivity index (χ0) is 36.7. The van der Waals surface area contributed by atoms with Gasteiger partial charge in [-0.3, -0.25) is 0 Å². The molecule has 0 aliphatic rings. The molecule has 4 heteroatoms. The number of benzene rings is 9. The summed E-state index contributed by atoms with van der Waals surface area (Å²) in [5, 5.41) is 8.77. The van der Waals surface area contributed by atoms with Crippen molar-refractivity contribution in [2.24, 2.45) is 0 Å². The molecule has 0 amide bonds. The van der Waals surface area contributed by atoms with Crippen LogP contribution in [0.5, 0.6) is 0 Å². The fourth-order valence-electron chi connectivity index (χ4n) is 8.59. The first-order valence-electron chi connectivity index (χ1n) is 18.9. The minimum absolute atomic E-state index is 0.827. The molecule has 262 valence electrons. The Morgan fingerprint density at radius 2 is 0.946 bits per heavy atom. The number of rotatable bonds is 5. The summed E-state index contributed by atoms with van der Waals surface area (Å²) >= 11 is 0. The van der Waals surface area contributed by atoms with Crippen LogP contribution in [0, 0.1) is 0 Å². The van der Waals surface area contributed by atoms with E-state index in [-0.39, 0.29) is 0 Å². The van der Waals surface area contributed by atoms with Crippen molar-refractivity contribution in [3.8, 4) is 22.3 Å². The minimum Gasteiger partial charge on any atom is -0.456 e. The standard InChI is InChI=1S/C52H31NO3/c1-2-10-32(11-3-1)33-20-24-37(25-21-33)53(45-18-9-17-41-44-30-35-12-4-5-13-36(35)31-48(44)55-51(41)45)38-26-22-34(23-27-38)39-15-8-16-40-42-28-29-47-49(52(42)56-50(39)40)43-14-6-7-19-46(43)54-47/h1-31H. The molecule has 56 heavy (non-hydrogen) atoms. The van der Waals surface area contributed by atoms with Crippen LogP contribution >= 0.6 is 0 Å². The van der Waals surface area contributed by atoms with Crippen LogP contribution < -0.4 is 4.90 Å². The predicted molar refractivity (Wildman–Crippen MR) is 231 cm³/mol. The monoisotopic (exact) mass is 717 g/mol. The van der Waals surface area contributed by atoms with Gasteiger partial charge >= 0.3 is 0 Å². The van der Waals surface area contributed by atoms with E-state index in [4.69, 9.17) is 13.3 Å². The first-order chi connectivity index (χ1) is 27.7. The molecule has 0 atom stereocenters. The molecule has 9 aromatic carbocycles. The van der Waals surface area contributed by atoms with Gasteiger partial charge in [0.2, 0.25) is 0 Å². The molecule has 0 saturated heterocycles. The van der Waals surface area contributed by atoms with Gasteiger partial charge in [-0.2, -0.15) is 0 Å². The fraction of sp³-hybridized carbons (Fsp3) is 0. The van der Waals surface area contributed by atoms with Gasteiger partial charge in [-0.05, 0) is 88.1 Å². The van der Waals surface area contributed by atoms with Crippen molar-refractivity contribution in [1.82, 2.24) is 0 Å². The second-order valence-electron chi connectivity index (χ2n) is 14.4. The Balaban J connectivity index is 1.02. The molecule has 0 bridgehead atoms. The van der Waals surface area contributed by atoms with Crippen molar-refractivity contribution in [2.45, 2.75) is 0 Å². The summed E-state index contributed by atoms with van der Waals surface area (Å²) in [6.07, 6.45) is 0. The molecule has 0 fully saturated rings. The minimum atomic E-state index is 0.827. The SMILES string of the molecule is c1ccc(-c2ccc(N(c3ccc(-c4cccc5c4oc4c5ccc5oc6ccccc6c54)cc3)c3cccc4c3oc3cc5ccccc5cc34)cc2)cc1. The zero-order valence-electron chi connectivity index (χ0n) is 30.1. The van der Waals surface area contributed by atoms with Gasteiger partial charge in [0.1, 0.15) is 27.9 Å². The van der Waals surface area contributed by atoms with Crippen molar-refractivity contribution < 1.29 is 13.3 Å². The predicted octanol–water partition coefficient (Wildman–Crippen LogP) is 15.3. The topological polar surface area (TPSA) is 42.7 Å². The Kier molecular flexibility index (Phi) is 6.60. The van der Waals surface area contributed by atoms with Gasteiger partial charge in [-0.25, -0.2) is 0 Å². The van der Waals surface area contributed by atoms with Crippen LogP contribution in [0.2, 0.25) is 0 Å². The highest BCUT2D eigenvalue weighted by Gasteiger charge is 2.22. The Bertz CT molecular complexity index is 3460. The lowest BCUT2D eigenvalue weighted by Gasteiger charge is -2.26. The molecular formula is C52H31NO3. The maximum Gasteiger partial charge on any atom is 0.159 e. The second kappa shape index (κ2) is 12.0. The largest absolute Gasteiger partial charge is 0.456 e. The fourth-order valence-corrected chi connectivity index (χ4v) is 8.59. The number of anilines is 3. The average molecular weight is 718 g/mol. The van der Waals surface area contributed by atoms with Crippen molar-refractivity contribution in [2.75, 3.05) is 4.90 Å². The Morgan fingerprint density at radius 3 is 1.75 bits per heavy atom. The third-order valence-corrected chi connectivity index (χ3v) is 11.3. The number of fused-ring (bicyclic) bond motifs is 11. The zero-order valence-corrected chi connectivity index (χ0v) is 30.1. The van der Waals surface area contributed by atoms with Gasteiger partial charge in [0.15, 0.2) is 5.58 Å². The van der Waals surface area contributed by atoms with Crippen LogP contribution in [-0.2, 0) is 0 Å². The lowest BCUT2D eigenvalue weighted by Crippen LogP contribution is -2.10. The molecule has 0 aliphatic heterocycles. The van der Waals surface area contributed by atoms with Crippen LogP contribution in [0.15, 0.2) is 201 Å². The van der Waals surface area contributed by atoms with Crippen LogP contribution in [0.4, 0.5) is 17.1 Å². The molecule has 0 unspecified atom stereocenters. The molecule has 4 nitrogen and oxygen atoms in total. The normalized spacial score (nSPS) is 11.9. The molecule has 0 aliphatic carbocycles. The highest BCUT2D eigenvalue weighted by molar-refractivity contribution is 6.23. The molecule has 12 rings (SSSR count). The molecule has 3 aromatic heterocycles. The lowest BCUT2D eigenvalue weighted by molar-refractivity contribution is 0.663. The van der Waals surface area contributed by atoms with E-state index in [1.54, 1.807) is 0 Å². The molecule has 12 aromatic rings. The summed E-state index contributed by atoms with van der Waals surface area (Å²) in [5.74, 6) is 0. The van der Waals surface area contributed by atoms with Gasteiger partial charge in [-0.1, -0.05) is 127 Å². The van der Waals surface area contributed by atoms with E-state index in [1.165, 1.54) is 10.9 Å². The summed E-state index contributed by atoms with van der Waals surface area (Å²) < 4.78 is 19.8. The van der Waals surface area contributed by atoms with E-state index in [0.29, 0.717) is 0 Å². The Hall–Kier alpha value is -7.56. The second-order valence-corrected chi connectivity index (χ2v) is 14.4. The average Bonchev–Trinajstić information content (AvgIpc) is 3.95. The van der Waals surface area contributed by atoms with E-state index >= 15 is 0 Å². The Labute approximate surface area is 321 Å². The number of para-hydroxylation sites is 3. The van der Waals surface area contributed by atoms with E-state index in [9.17, 15) is 0 Å². The number of nitrogens with zero attached hydrogens (tertiary/aromatic N) is 1. The maximum atomic E-state index is 6.80. The summed E-state index contributed by atoms with van der Waals surface area (Å²) in [6, 6.07) is 66.1. The van der Waals surface area contributed by atoms with Crippen molar-refractivity contribution in [3.05, 3.63) is 188 Å². The van der Waals surface area contributed by atoms with Crippen LogP contribution in [-0.4, -0.2) is 0 Å². The van der Waals surface area contributed by atoms with E-state index < -0.39 is 0 Å². The number of furan rings is 3. The van der Waals surface area contributed by atoms with Crippen LogP contribution in [0.1, 0.15) is 0 Å². The van der Waals surface area contributed by atoms with Crippen molar-refractivity contribution >= 4 is 93.7 Å². The highest BCUT2D eigenvalue weighted by atomic mass is 16.3. The van der Waals surface area contributed by atoms with Gasteiger partial charge in [0, 0.05) is 43.9 Å². The van der Waals surface area contributed by atoms with E-state index in [1.807, 2.05) is 18.2 Å². The summed E-state index contributed by atoms with van der Waals surface area (Å²) in [7, 11) is 0. The van der Waals surface area contributed by atoms with Gasteiger partial charge < -0.3 is 18.2 Å². The summed E-state index contributed by atoms with van der Waals surface area (Å²) in [5.41, 5.74) is 12.6. The molecule has 0 saturated carbocycles. The van der Waals surface area contributed by atoms with E-state index in [0.717, 1.165) is 105 Å². The number of hydrogen-bond donors (Lipinski definition) is 0.